The third-order valence-corrected chi connectivity index (χ3v) is 1.42. The standard InChI is InChI=1S/C5H11NO2.ClH/c7-3-4-1-5(8)2-6-4;/h4-8H,1-3H2;1H. The highest BCUT2D eigenvalue weighted by molar-refractivity contribution is 5.85. The van der Waals surface area contributed by atoms with Gasteiger partial charge in [0.25, 0.3) is 0 Å². The van der Waals surface area contributed by atoms with Crippen LogP contribution in [0.1, 0.15) is 6.42 Å². The molecule has 56 valence electrons. The molecule has 0 spiro atoms. The van der Waals surface area contributed by atoms with Crippen molar-refractivity contribution >= 4 is 12.4 Å². The quantitative estimate of drug-likeness (QED) is 0.459. The second kappa shape index (κ2) is 4.06. The number of halogens is 1. The Balaban J connectivity index is 0.000000640. The van der Waals surface area contributed by atoms with Crippen LogP contribution in [0, 0.1) is 0 Å². The van der Waals surface area contributed by atoms with E-state index in [9.17, 15) is 0 Å². The number of aliphatic hydroxyl groups is 2. The highest BCUT2D eigenvalue weighted by atomic mass is 35.5. The van der Waals surface area contributed by atoms with Gasteiger partial charge in [0.15, 0.2) is 0 Å². The molecule has 2 unspecified atom stereocenters. The zero-order chi connectivity index (χ0) is 5.98. The molecule has 0 saturated carbocycles. The van der Waals surface area contributed by atoms with Gasteiger partial charge in [-0.15, -0.1) is 12.4 Å². The Morgan fingerprint density at radius 3 is 2.44 bits per heavy atom. The molecule has 3 nitrogen and oxygen atoms in total. The first-order chi connectivity index (χ1) is 3.83. The molecule has 1 heterocycles. The van der Waals surface area contributed by atoms with E-state index in [4.69, 9.17) is 10.2 Å². The zero-order valence-electron chi connectivity index (χ0n) is 5.08. The molecule has 1 saturated heterocycles. The lowest BCUT2D eigenvalue weighted by Crippen LogP contribution is -2.24. The first-order valence-corrected chi connectivity index (χ1v) is 2.85. The molecular formula is C5H12ClNO2. The van der Waals surface area contributed by atoms with Crippen molar-refractivity contribution in [3.05, 3.63) is 0 Å². The minimum Gasteiger partial charge on any atom is -0.395 e. The normalized spacial score (nSPS) is 34.0. The molecule has 1 aliphatic rings. The molecule has 0 radical (unpaired) electrons. The van der Waals surface area contributed by atoms with Gasteiger partial charge in [-0.1, -0.05) is 0 Å². The smallest absolute Gasteiger partial charge is 0.0680 e. The highest BCUT2D eigenvalue weighted by Gasteiger charge is 2.20. The number of nitrogens with one attached hydrogen (secondary N) is 1. The van der Waals surface area contributed by atoms with E-state index in [-0.39, 0.29) is 31.2 Å². The third kappa shape index (κ3) is 2.49. The van der Waals surface area contributed by atoms with Crippen molar-refractivity contribution in [3.63, 3.8) is 0 Å². The lowest BCUT2D eigenvalue weighted by molar-refractivity contribution is 0.184. The molecule has 0 aromatic carbocycles. The Hall–Kier alpha value is 0.170. The Kier molecular flexibility index (Phi) is 4.14. The maximum Gasteiger partial charge on any atom is 0.0680 e. The summed E-state index contributed by atoms with van der Waals surface area (Å²) in [6, 6.07) is 0.130. The topological polar surface area (TPSA) is 52.5 Å². The minimum atomic E-state index is -0.243. The number of hydrogen-bond acceptors (Lipinski definition) is 3. The van der Waals surface area contributed by atoms with Crippen molar-refractivity contribution in [1.29, 1.82) is 0 Å². The van der Waals surface area contributed by atoms with Crippen LogP contribution in [-0.4, -0.2) is 35.5 Å². The first kappa shape index (κ1) is 9.17. The predicted molar refractivity (Wildman–Crippen MR) is 36.7 cm³/mol. The summed E-state index contributed by atoms with van der Waals surface area (Å²) in [6.45, 7) is 0.766. The van der Waals surface area contributed by atoms with Gasteiger partial charge in [-0.25, -0.2) is 0 Å². The van der Waals surface area contributed by atoms with Crippen LogP contribution in [0.15, 0.2) is 0 Å². The molecule has 0 amide bonds. The monoisotopic (exact) mass is 153 g/mol. The molecule has 1 rings (SSSR count). The third-order valence-electron chi connectivity index (χ3n) is 1.42. The van der Waals surface area contributed by atoms with Gasteiger partial charge >= 0.3 is 0 Å². The van der Waals surface area contributed by atoms with E-state index < -0.39 is 0 Å². The van der Waals surface area contributed by atoms with Crippen LogP contribution in [-0.2, 0) is 0 Å². The molecule has 0 aliphatic carbocycles. The average molecular weight is 154 g/mol. The molecule has 3 N–H and O–H groups in total. The van der Waals surface area contributed by atoms with E-state index >= 15 is 0 Å². The zero-order valence-corrected chi connectivity index (χ0v) is 5.90. The summed E-state index contributed by atoms with van der Waals surface area (Å²) < 4.78 is 0. The number of aliphatic hydroxyl groups excluding tert-OH is 2. The lowest BCUT2D eigenvalue weighted by atomic mass is 10.2. The average Bonchev–Trinajstić information content (AvgIpc) is 2.14. The maximum atomic E-state index is 8.86. The van der Waals surface area contributed by atoms with Crippen molar-refractivity contribution < 1.29 is 10.2 Å². The summed E-state index contributed by atoms with van der Waals surface area (Å²) >= 11 is 0. The summed E-state index contributed by atoms with van der Waals surface area (Å²) in [5, 5.41) is 20.3. The van der Waals surface area contributed by atoms with Crippen LogP contribution in [0.2, 0.25) is 0 Å². The van der Waals surface area contributed by atoms with E-state index in [1.165, 1.54) is 0 Å². The molecule has 0 aromatic heterocycles. The second-order valence-electron chi connectivity index (χ2n) is 2.18. The molecule has 4 heteroatoms. The highest BCUT2D eigenvalue weighted by Crippen LogP contribution is 2.03. The van der Waals surface area contributed by atoms with Gasteiger partial charge in [0.05, 0.1) is 12.7 Å². The van der Waals surface area contributed by atoms with Gasteiger partial charge < -0.3 is 15.5 Å². The molecular weight excluding hydrogens is 142 g/mol. The van der Waals surface area contributed by atoms with E-state index in [0.717, 1.165) is 0 Å². The van der Waals surface area contributed by atoms with Gasteiger partial charge in [0, 0.05) is 12.6 Å². The van der Waals surface area contributed by atoms with Crippen LogP contribution >= 0.6 is 12.4 Å². The summed E-state index contributed by atoms with van der Waals surface area (Å²) in [7, 11) is 0. The molecule has 0 bridgehead atoms. The Labute approximate surface area is 60.5 Å². The van der Waals surface area contributed by atoms with Crippen LogP contribution in [0.25, 0.3) is 0 Å². The van der Waals surface area contributed by atoms with E-state index in [1.807, 2.05) is 0 Å². The fourth-order valence-electron chi connectivity index (χ4n) is 0.937. The van der Waals surface area contributed by atoms with E-state index in [1.54, 1.807) is 0 Å². The second-order valence-corrected chi connectivity index (χ2v) is 2.18. The lowest BCUT2D eigenvalue weighted by Gasteiger charge is -2.01. The molecule has 0 aromatic rings. The number of rotatable bonds is 1. The van der Waals surface area contributed by atoms with Crippen LogP contribution < -0.4 is 5.32 Å². The van der Waals surface area contributed by atoms with Crippen molar-refractivity contribution in [1.82, 2.24) is 5.32 Å². The van der Waals surface area contributed by atoms with Crippen LogP contribution in [0.4, 0.5) is 0 Å². The van der Waals surface area contributed by atoms with Crippen molar-refractivity contribution in [2.45, 2.75) is 18.6 Å². The van der Waals surface area contributed by atoms with E-state index in [2.05, 4.69) is 5.32 Å². The number of hydrogen-bond donors (Lipinski definition) is 3. The number of β-amino-alcohol motifs (C(OH)–C–C–N with tert-alkyl or cyclic N) is 1. The first-order valence-electron chi connectivity index (χ1n) is 2.85. The van der Waals surface area contributed by atoms with Gasteiger partial charge in [-0.3, -0.25) is 0 Å². The fourth-order valence-corrected chi connectivity index (χ4v) is 0.937. The predicted octanol–water partition coefficient (Wildman–Crippen LogP) is -0.877. The van der Waals surface area contributed by atoms with Crippen LogP contribution in [0.3, 0.4) is 0 Å². The summed E-state index contributed by atoms with van der Waals surface area (Å²) in [5.74, 6) is 0. The fraction of sp³-hybridized carbons (Fsp3) is 1.00. The summed E-state index contributed by atoms with van der Waals surface area (Å²) in [6.07, 6.45) is 0.448. The van der Waals surface area contributed by atoms with Gasteiger partial charge in [0.2, 0.25) is 0 Å². The maximum absolute atomic E-state index is 8.86. The molecule has 1 fully saturated rings. The van der Waals surface area contributed by atoms with Crippen molar-refractivity contribution in [2.24, 2.45) is 0 Å². The summed E-state index contributed by atoms with van der Waals surface area (Å²) in [4.78, 5) is 0. The van der Waals surface area contributed by atoms with Gasteiger partial charge in [-0.05, 0) is 6.42 Å². The molecule has 1 aliphatic heterocycles. The molecule has 9 heavy (non-hydrogen) atoms. The SMILES string of the molecule is Cl.OCC1CC(O)CN1. The Morgan fingerprint density at radius 2 is 2.22 bits per heavy atom. The Morgan fingerprint density at radius 1 is 1.56 bits per heavy atom. The van der Waals surface area contributed by atoms with E-state index in [0.29, 0.717) is 13.0 Å². The summed E-state index contributed by atoms with van der Waals surface area (Å²) in [5.41, 5.74) is 0. The van der Waals surface area contributed by atoms with Crippen molar-refractivity contribution in [3.8, 4) is 0 Å². The van der Waals surface area contributed by atoms with Crippen LogP contribution in [0.5, 0.6) is 0 Å². The largest absolute Gasteiger partial charge is 0.395 e. The Bertz CT molecular complexity index is 81.4. The minimum absolute atomic E-state index is 0. The van der Waals surface area contributed by atoms with Gasteiger partial charge in [-0.2, -0.15) is 0 Å². The molecule has 2 atom stereocenters. The van der Waals surface area contributed by atoms with Crippen molar-refractivity contribution in [2.75, 3.05) is 13.2 Å². The van der Waals surface area contributed by atoms with Gasteiger partial charge in [0.1, 0.15) is 0 Å².